The summed E-state index contributed by atoms with van der Waals surface area (Å²) in [5, 5.41) is 0. The summed E-state index contributed by atoms with van der Waals surface area (Å²) in [6, 6.07) is 3.80. The van der Waals surface area contributed by atoms with Crippen LogP contribution >= 0.6 is 0 Å². The van der Waals surface area contributed by atoms with Crippen molar-refractivity contribution in [3.63, 3.8) is 0 Å². The number of halogens is 2. The Hall–Kier alpha value is -1.25. The molecule has 0 N–H and O–H groups in total. The van der Waals surface area contributed by atoms with Crippen LogP contribution in [0.2, 0.25) is 0 Å². The van der Waals surface area contributed by atoms with Crippen molar-refractivity contribution in [2.45, 2.75) is 39.0 Å². The third kappa shape index (κ3) is 2.24. The van der Waals surface area contributed by atoms with Gasteiger partial charge in [-0.15, -0.1) is 0 Å². The van der Waals surface area contributed by atoms with E-state index in [1.54, 1.807) is 0 Å². The van der Waals surface area contributed by atoms with E-state index in [4.69, 9.17) is 0 Å². The average molecular weight is 238 g/mol. The van der Waals surface area contributed by atoms with Crippen LogP contribution < -0.4 is 0 Å². The lowest BCUT2D eigenvalue weighted by Crippen LogP contribution is -2.31. The minimum Gasteiger partial charge on any atom is -0.293 e. The Morgan fingerprint density at radius 1 is 1.18 bits per heavy atom. The summed E-state index contributed by atoms with van der Waals surface area (Å²) in [5.74, 6) is -2.21. The molecule has 0 unspecified atom stereocenters. The molecule has 1 aliphatic rings. The van der Waals surface area contributed by atoms with Crippen molar-refractivity contribution in [1.29, 1.82) is 0 Å². The minimum absolute atomic E-state index is 0.102. The molecule has 1 aromatic carbocycles. The van der Waals surface area contributed by atoms with Gasteiger partial charge < -0.3 is 0 Å². The monoisotopic (exact) mass is 238 g/mol. The molecule has 2 rings (SSSR count). The molecule has 1 fully saturated rings. The van der Waals surface area contributed by atoms with Gasteiger partial charge in [-0.05, 0) is 25.0 Å². The molecule has 17 heavy (non-hydrogen) atoms. The third-order valence-electron chi connectivity index (χ3n) is 3.70. The third-order valence-corrected chi connectivity index (χ3v) is 3.70. The SMILES string of the molecule is CC1(C(=O)c2cccc(F)c2F)CCCCC1. The Kier molecular flexibility index (Phi) is 3.27. The summed E-state index contributed by atoms with van der Waals surface area (Å²) in [5.41, 5.74) is -0.623. The number of hydrogen-bond donors (Lipinski definition) is 0. The first-order valence-electron chi connectivity index (χ1n) is 6.03. The Labute approximate surface area is 99.8 Å². The van der Waals surface area contributed by atoms with Gasteiger partial charge in [0.15, 0.2) is 17.4 Å². The highest BCUT2D eigenvalue weighted by atomic mass is 19.2. The fraction of sp³-hybridized carbons (Fsp3) is 0.500. The van der Waals surface area contributed by atoms with E-state index in [0.717, 1.165) is 38.2 Å². The summed E-state index contributed by atoms with van der Waals surface area (Å²) >= 11 is 0. The number of carbonyl (C=O) groups is 1. The van der Waals surface area contributed by atoms with Crippen LogP contribution in [-0.2, 0) is 0 Å². The van der Waals surface area contributed by atoms with Gasteiger partial charge in [0, 0.05) is 5.41 Å². The summed E-state index contributed by atoms with van der Waals surface area (Å²) in [6.07, 6.45) is 4.62. The predicted octanol–water partition coefficient (Wildman–Crippen LogP) is 4.12. The lowest BCUT2D eigenvalue weighted by atomic mass is 9.71. The van der Waals surface area contributed by atoms with Crippen LogP contribution in [0.4, 0.5) is 8.78 Å². The van der Waals surface area contributed by atoms with Crippen LogP contribution in [0.15, 0.2) is 18.2 Å². The van der Waals surface area contributed by atoms with Crippen LogP contribution in [0.3, 0.4) is 0 Å². The Balaban J connectivity index is 2.33. The van der Waals surface area contributed by atoms with Gasteiger partial charge in [0.05, 0.1) is 5.56 Å². The molecule has 1 aromatic rings. The Morgan fingerprint density at radius 2 is 1.82 bits per heavy atom. The maximum absolute atomic E-state index is 13.6. The molecule has 0 aromatic heterocycles. The molecule has 0 radical (unpaired) electrons. The van der Waals surface area contributed by atoms with Crippen LogP contribution in [-0.4, -0.2) is 5.78 Å². The zero-order valence-electron chi connectivity index (χ0n) is 9.93. The molecule has 0 saturated heterocycles. The largest absolute Gasteiger partial charge is 0.293 e. The Morgan fingerprint density at radius 3 is 2.47 bits per heavy atom. The topological polar surface area (TPSA) is 17.1 Å². The van der Waals surface area contributed by atoms with Gasteiger partial charge in [0.25, 0.3) is 0 Å². The molecule has 0 atom stereocenters. The number of rotatable bonds is 2. The average Bonchev–Trinajstić information content (AvgIpc) is 2.33. The molecule has 0 aliphatic heterocycles. The number of hydrogen-bond acceptors (Lipinski definition) is 1. The van der Waals surface area contributed by atoms with Gasteiger partial charge in [-0.2, -0.15) is 0 Å². The first kappa shape index (κ1) is 12.2. The van der Waals surface area contributed by atoms with Crippen molar-refractivity contribution in [2.24, 2.45) is 5.41 Å². The van der Waals surface area contributed by atoms with E-state index in [1.165, 1.54) is 12.1 Å². The van der Waals surface area contributed by atoms with E-state index in [-0.39, 0.29) is 11.3 Å². The molecule has 1 aliphatic carbocycles. The molecule has 3 heteroatoms. The van der Waals surface area contributed by atoms with Gasteiger partial charge in [-0.3, -0.25) is 4.79 Å². The highest BCUT2D eigenvalue weighted by Gasteiger charge is 2.36. The first-order chi connectivity index (χ1) is 8.04. The number of ketones is 1. The molecular weight excluding hydrogens is 222 g/mol. The number of carbonyl (C=O) groups excluding carboxylic acids is 1. The van der Waals surface area contributed by atoms with Crippen LogP contribution in [0.5, 0.6) is 0 Å². The standard InChI is InChI=1S/C14H16F2O/c1-14(8-3-2-4-9-14)13(17)10-6-5-7-11(15)12(10)16/h5-7H,2-4,8-9H2,1H3. The van der Waals surface area contributed by atoms with Crippen molar-refractivity contribution in [2.75, 3.05) is 0 Å². The zero-order valence-corrected chi connectivity index (χ0v) is 9.93. The number of benzene rings is 1. The molecule has 92 valence electrons. The van der Waals surface area contributed by atoms with Gasteiger partial charge >= 0.3 is 0 Å². The molecule has 0 amide bonds. The van der Waals surface area contributed by atoms with Crippen molar-refractivity contribution in [1.82, 2.24) is 0 Å². The normalized spacial score (nSPS) is 19.0. The molecular formula is C14H16F2O. The van der Waals surface area contributed by atoms with Crippen LogP contribution in [0.1, 0.15) is 49.4 Å². The highest BCUT2D eigenvalue weighted by molar-refractivity contribution is 6.00. The van der Waals surface area contributed by atoms with Crippen LogP contribution in [0.25, 0.3) is 0 Å². The maximum atomic E-state index is 13.6. The van der Waals surface area contributed by atoms with Crippen molar-refractivity contribution in [3.05, 3.63) is 35.4 Å². The van der Waals surface area contributed by atoms with Gasteiger partial charge in [0.2, 0.25) is 0 Å². The summed E-state index contributed by atoms with van der Waals surface area (Å²) in [7, 11) is 0. The van der Waals surface area contributed by atoms with Crippen molar-refractivity contribution in [3.8, 4) is 0 Å². The van der Waals surface area contributed by atoms with E-state index in [0.29, 0.717) is 0 Å². The van der Waals surface area contributed by atoms with E-state index in [1.807, 2.05) is 6.92 Å². The van der Waals surface area contributed by atoms with E-state index >= 15 is 0 Å². The van der Waals surface area contributed by atoms with Gasteiger partial charge in [-0.25, -0.2) is 8.78 Å². The first-order valence-corrected chi connectivity index (χ1v) is 6.03. The molecule has 1 saturated carbocycles. The molecule has 0 heterocycles. The molecule has 0 spiro atoms. The maximum Gasteiger partial charge on any atom is 0.171 e. The summed E-state index contributed by atoms with van der Waals surface area (Å²) in [6.45, 7) is 1.86. The summed E-state index contributed by atoms with van der Waals surface area (Å²) < 4.78 is 26.7. The van der Waals surface area contributed by atoms with Crippen LogP contribution in [0, 0.1) is 17.0 Å². The lowest BCUT2D eigenvalue weighted by molar-refractivity contribution is 0.0744. The second kappa shape index (κ2) is 4.55. The van der Waals surface area contributed by atoms with Gasteiger partial charge in [-0.1, -0.05) is 32.3 Å². The lowest BCUT2D eigenvalue weighted by Gasteiger charge is -2.32. The molecule has 0 bridgehead atoms. The zero-order chi connectivity index (χ0) is 12.5. The second-order valence-corrected chi connectivity index (χ2v) is 5.05. The number of Topliss-reactive ketones (excluding diaryl/α,β-unsaturated/α-hetero) is 1. The van der Waals surface area contributed by atoms with Crippen molar-refractivity contribution < 1.29 is 13.6 Å². The quantitative estimate of drug-likeness (QED) is 0.708. The van der Waals surface area contributed by atoms with E-state index < -0.39 is 17.0 Å². The fourth-order valence-corrected chi connectivity index (χ4v) is 2.56. The summed E-state index contributed by atoms with van der Waals surface area (Å²) in [4.78, 5) is 12.3. The van der Waals surface area contributed by atoms with E-state index in [9.17, 15) is 13.6 Å². The van der Waals surface area contributed by atoms with E-state index in [2.05, 4.69) is 0 Å². The molecule has 1 nitrogen and oxygen atoms in total. The van der Waals surface area contributed by atoms with Crippen molar-refractivity contribution >= 4 is 5.78 Å². The fourth-order valence-electron chi connectivity index (χ4n) is 2.56. The smallest absolute Gasteiger partial charge is 0.171 e. The Bertz CT molecular complexity index is 434. The van der Waals surface area contributed by atoms with Gasteiger partial charge in [0.1, 0.15) is 0 Å². The minimum atomic E-state index is -1.01. The predicted molar refractivity (Wildman–Crippen MR) is 61.9 cm³/mol. The second-order valence-electron chi connectivity index (χ2n) is 5.05. The highest BCUT2D eigenvalue weighted by Crippen LogP contribution is 2.39.